The Morgan fingerprint density at radius 1 is 1.15 bits per heavy atom. The zero-order valence-electron chi connectivity index (χ0n) is 24.2. The lowest BCUT2D eigenvalue weighted by Gasteiger charge is -2.11. The number of nitrogens with zero attached hydrogens (tertiary/aromatic N) is 2. The Hall–Kier alpha value is -3.12. The molecule has 0 spiro atoms. The van der Waals surface area contributed by atoms with Crippen molar-refractivity contribution in [3.8, 4) is 17.3 Å². The number of nitriles is 1. The molecule has 2 aromatic heterocycles. The molecule has 3 nitrogen and oxygen atoms in total. The van der Waals surface area contributed by atoms with Crippen LogP contribution in [0, 0.1) is 25.2 Å². The molecule has 0 unspecified atom stereocenters. The van der Waals surface area contributed by atoms with Crippen LogP contribution >= 0.6 is 0 Å². The van der Waals surface area contributed by atoms with Crippen LogP contribution in [-0.2, 0) is 7.05 Å². The molecule has 0 aliphatic carbocycles. The van der Waals surface area contributed by atoms with Gasteiger partial charge < -0.3 is 4.42 Å². The van der Waals surface area contributed by atoms with Crippen LogP contribution in [0.2, 0.25) is 0 Å². The van der Waals surface area contributed by atoms with E-state index >= 15 is 0 Å². The van der Waals surface area contributed by atoms with Gasteiger partial charge in [0.15, 0.2) is 5.69 Å². The Labute approximate surface area is 172 Å². The highest BCUT2D eigenvalue weighted by Crippen LogP contribution is 2.34. The number of pyridine rings is 1. The minimum atomic E-state index is -3.33. The van der Waals surface area contributed by atoms with Gasteiger partial charge in [-0.3, -0.25) is 0 Å². The monoisotopic (exact) mass is 364 g/mol. The summed E-state index contributed by atoms with van der Waals surface area (Å²) in [6, 6.07) is 9.69. The number of benzene rings is 2. The van der Waals surface area contributed by atoms with E-state index in [4.69, 9.17) is 16.8 Å². The van der Waals surface area contributed by atoms with E-state index in [2.05, 4.69) is 6.07 Å². The first-order valence-electron chi connectivity index (χ1n) is 12.9. The minimum Gasteiger partial charge on any atom is -0.456 e. The fourth-order valence-electron chi connectivity index (χ4n) is 3.29. The first-order chi connectivity index (χ1) is 16.5. The summed E-state index contributed by atoms with van der Waals surface area (Å²) in [5.41, 5.74) is 2.27. The summed E-state index contributed by atoms with van der Waals surface area (Å²) >= 11 is 0. The van der Waals surface area contributed by atoms with Crippen LogP contribution in [-0.4, -0.2) is 0 Å². The molecule has 134 valence electrons. The summed E-state index contributed by atoms with van der Waals surface area (Å²) in [6.45, 7) is -3.35. The predicted molar refractivity (Wildman–Crippen MR) is 109 cm³/mol. The topological polar surface area (TPSA) is 40.8 Å². The predicted octanol–water partition coefficient (Wildman–Crippen LogP) is 5.69. The summed E-state index contributed by atoms with van der Waals surface area (Å²) in [6.07, 6.45) is 0. The molecule has 4 aromatic rings. The molecule has 0 amide bonds. The van der Waals surface area contributed by atoms with Crippen molar-refractivity contribution in [2.45, 2.75) is 33.4 Å². The second kappa shape index (κ2) is 6.25. The summed E-state index contributed by atoms with van der Waals surface area (Å²) in [4.78, 5) is 0. The van der Waals surface area contributed by atoms with Crippen LogP contribution in [0.4, 0.5) is 0 Å². The van der Waals surface area contributed by atoms with E-state index in [-0.39, 0.29) is 11.4 Å². The molecule has 2 heterocycles. The van der Waals surface area contributed by atoms with Gasteiger partial charge in [0.25, 0.3) is 0 Å². The van der Waals surface area contributed by atoms with Crippen LogP contribution in [0.15, 0.2) is 46.8 Å². The van der Waals surface area contributed by atoms with E-state index in [0.29, 0.717) is 27.9 Å². The number of hydrogen-bond acceptors (Lipinski definition) is 2. The lowest BCUT2D eigenvalue weighted by atomic mass is 9.96. The van der Waals surface area contributed by atoms with Gasteiger partial charge >= 0.3 is 0 Å². The maximum absolute atomic E-state index is 9.20. The second-order valence-electron chi connectivity index (χ2n) is 6.58. The molecule has 27 heavy (non-hydrogen) atoms. The lowest BCUT2D eigenvalue weighted by Crippen LogP contribution is -2.35. The fourth-order valence-corrected chi connectivity index (χ4v) is 3.29. The van der Waals surface area contributed by atoms with E-state index in [1.165, 1.54) is 11.5 Å². The Morgan fingerprint density at radius 3 is 2.67 bits per heavy atom. The van der Waals surface area contributed by atoms with Gasteiger partial charge in [-0.05, 0) is 54.3 Å². The average molecular weight is 365 g/mol. The third kappa shape index (κ3) is 2.78. The lowest BCUT2D eigenvalue weighted by molar-refractivity contribution is -0.666. The molecular formula is C24H23N2O+. The summed E-state index contributed by atoms with van der Waals surface area (Å²) < 4.78 is 81.0. The Bertz CT molecular complexity index is 1580. The molecule has 0 radical (unpaired) electrons. The van der Waals surface area contributed by atoms with Gasteiger partial charge in [-0.1, -0.05) is 13.7 Å². The molecular weight excluding hydrogens is 332 g/mol. The Kier molecular flexibility index (Phi) is 2.25. The maximum atomic E-state index is 9.20. The van der Waals surface area contributed by atoms with Crippen LogP contribution < -0.4 is 4.57 Å². The molecule has 0 N–H and O–H groups in total. The molecule has 0 aliphatic heterocycles. The van der Waals surface area contributed by atoms with Crippen molar-refractivity contribution >= 4 is 21.9 Å². The number of aryl methyl sites for hydroxylation is 1. The number of aromatic nitrogens is 1. The van der Waals surface area contributed by atoms with Crippen molar-refractivity contribution in [3.05, 3.63) is 64.8 Å². The number of furan rings is 1. The van der Waals surface area contributed by atoms with Gasteiger partial charge in [-0.25, -0.2) is 0 Å². The summed E-state index contributed by atoms with van der Waals surface area (Å²) in [5.74, 6) is -3.19. The van der Waals surface area contributed by atoms with Crippen LogP contribution in [0.1, 0.15) is 54.3 Å². The maximum Gasteiger partial charge on any atom is 0.213 e. The third-order valence-electron chi connectivity index (χ3n) is 4.84. The molecule has 0 aliphatic rings. The van der Waals surface area contributed by atoms with E-state index in [1.807, 2.05) is 6.07 Å². The van der Waals surface area contributed by atoms with E-state index in [1.54, 1.807) is 38.2 Å². The smallest absolute Gasteiger partial charge is 0.213 e. The van der Waals surface area contributed by atoms with Gasteiger partial charge in [-0.2, -0.15) is 9.83 Å². The van der Waals surface area contributed by atoms with Gasteiger partial charge in [-0.15, -0.1) is 0 Å². The second-order valence-corrected chi connectivity index (χ2v) is 6.58. The summed E-state index contributed by atoms with van der Waals surface area (Å²) in [7, 11) is 1.60. The molecule has 0 saturated heterocycles. The first-order valence-corrected chi connectivity index (χ1v) is 8.42. The number of fused-ring (bicyclic) bond motifs is 3. The molecule has 2 aromatic carbocycles. The zero-order chi connectivity index (χ0) is 27.0. The SMILES string of the molecule is [2H]c1c(C([2H])(C([2H])([2H])[2H])C([2H])([2H])[2H])c([2H])c(-c2cc3oc4cc(C#N)ccc4c3cc2C)[n+](C)c1C. The highest BCUT2D eigenvalue weighted by molar-refractivity contribution is 6.06. The number of hydrogen-bond donors (Lipinski definition) is 0. The van der Waals surface area contributed by atoms with Gasteiger partial charge in [0.05, 0.1) is 19.9 Å². The van der Waals surface area contributed by atoms with E-state index in [0.717, 1.165) is 10.8 Å². The van der Waals surface area contributed by atoms with Crippen molar-refractivity contribution in [3.63, 3.8) is 0 Å². The molecule has 0 saturated carbocycles. The Balaban J connectivity index is 2.10. The molecule has 0 bridgehead atoms. The average Bonchev–Trinajstić information content (AvgIpc) is 3.12. The van der Waals surface area contributed by atoms with Crippen molar-refractivity contribution in [2.75, 3.05) is 0 Å². The minimum absolute atomic E-state index is 0.168. The quantitative estimate of drug-likeness (QED) is 0.429. The van der Waals surface area contributed by atoms with Gasteiger partial charge in [0.1, 0.15) is 18.2 Å². The third-order valence-corrected chi connectivity index (χ3v) is 4.84. The first kappa shape index (κ1) is 9.71. The van der Waals surface area contributed by atoms with Crippen LogP contribution in [0.25, 0.3) is 33.2 Å². The van der Waals surface area contributed by atoms with E-state index in [9.17, 15) is 5.26 Å². The highest BCUT2D eigenvalue weighted by atomic mass is 16.3. The van der Waals surface area contributed by atoms with Crippen molar-refractivity contribution < 1.29 is 21.3 Å². The largest absolute Gasteiger partial charge is 0.456 e. The zero-order valence-corrected chi connectivity index (χ0v) is 15.2. The molecule has 0 atom stereocenters. The molecule has 3 heteroatoms. The van der Waals surface area contributed by atoms with Gasteiger partial charge in [0, 0.05) is 39.4 Å². The van der Waals surface area contributed by atoms with Crippen LogP contribution in [0.3, 0.4) is 0 Å². The summed E-state index contributed by atoms with van der Waals surface area (Å²) in [5, 5.41) is 10.8. The molecule has 0 fully saturated rings. The molecule has 4 rings (SSSR count). The normalized spacial score (nSPS) is 17.6. The fraction of sp³-hybridized carbons (Fsp3) is 0.250. The van der Waals surface area contributed by atoms with Gasteiger partial charge in [0.2, 0.25) is 5.69 Å². The standard InChI is InChI=1S/C24H23N2O/c1-14(2)18-9-16(4)26(5)22(11-18)20-12-24-21(8-15(20)3)19-7-6-17(13-25)10-23(19)27-24/h6-12,14H,1-5H3/q+1/i1D3,2D3,9D,11D,14D. The number of rotatable bonds is 2. The van der Waals surface area contributed by atoms with Crippen molar-refractivity contribution in [1.29, 1.82) is 5.26 Å². The van der Waals surface area contributed by atoms with E-state index < -0.39 is 37.2 Å². The highest BCUT2D eigenvalue weighted by Gasteiger charge is 2.20. The van der Waals surface area contributed by atoms with Crippen molar-refractivity contribution in [2.24, 2.45) is 7.05 Å². The van der Waals surface area contributed by atoms with Crippen molar-refractivity contribution in [1.82, 2.24) is 0 Å². The van der Waals surface area contributed by atoms with Crippen LogP contribution in [0.5, 0.6) is 0 Å². The Morgan fingerprint density at radius 2 is 1.93 bits per heavy atom.